The number of nitrogens with one attached hydrogen (secondary N) is 1. The molecule has 0 aromatic heterocycles. The van der Waals surface area contributed by atoms with Gasteiger partial charge in [0.2, 0.25) is 5.91 Å². The van der Waals surface area contributed by atoms with Gasteiger partial charge in [-0.15, -0.1) is 0 Å². The highest BCUT2D eigenvalue weighted by Crippen LogP contribution is 2.34. The first-order valence-corrected chi connectivity index (χ1v) is 7.32. The van der Waals surface area contributed by atoms with Crippen LogP contribution in [0, 0.1) is 0 Å². The number of allylic oxidation sites excluding steroid dienone is 1. The van der Waals surface area contributed by atoms with Crippen LogP contribution in [0.2, 0.25) is 0 Å². The zero-order valence-corrected chi connectivity index (χ0v) is 11.8. The summed E-state index contributed by atoms with van der Waals surface area (Å²) in [5, 5.41) is 3.02. The second-order valence-electron chi connectivity index (χ2n) is 5.07. The molecule has 0 radical (unpaired) electrons. The molecule has 0 spiro atoms. The van der Waals surface area contributed by atoms with E-state index in [0.717, 1.165) is 36.6 Å². The fraction of sp³-hybridized carbons (Fsp3) is 0.400. The van der Waals surface area contributed by atoms with Gasteiger partial charge in [0.25, 0.3) is 0 Å². The molecule has 2 aliphatic carbocycles. The number of amides is 1. The number of benzene rings is 1. The fourth-order valence-electron chi connectivity index (χ4n) is 2.48. The van der Waals surface area contributed by atoms with E-state index < -0.39 is 0 Å². The quantitative estimate of drug-likeness (QED) is 0.833. The molecule has 0 unspecified atom stereocenters. The molecule has 1 amide bonds. The lowest BCUT2D eigenvalue weighted by Gasteiger charge is -2.20. The number of rotatable bonds is 2. The van der Waals surface area contributed by atoms with Crippen molar-refractivity contribution in [1.29, 1.82) is 0 Å². The first-order chi connectivity index (χ1) is 8.74. The molecule has 1 fully saturated rings. The average molecular weight is 306 g/mol. The maximum atomic E-state index is 11.9. The number of fused-ring (bicyclic) bond motifs is 1. The normalized spacial score (nSPS) is 20.6. The molecule has 3 rings (SSSR count). The number of hydrogen-bond acceptors (Lipinski definition) is 1. The van der Waals surface area contributed by atoms with Gasteiger partial charge in [0, 0.05) is 16.6 Å². The summed E-state index contributed by atoms with van der Waals surface area (Å²) in [6.45, 7) is 0. The first kappa shape index (κ1) is 12.0. The van der Waals surface area contributed by atoms with E-state index in [0.29, 0.717) is 6.04 Å². The van der Waals surface area contributed by atoms with Crippen molar-refractivity contribution in [2.75, 3.05) is 0 Å². The minimum atomic E-state index is 0.0697. The highest BCUT2D eigenvalue weighted by molar-refractivity contribution is 9.10. The van der Waals surface area contributed by atoms with Crippen LogP contribution in [0.4, 0.5) is 0 Å². The monoisotopic (exact) mass is 305 g/mol. The molecule has 1 saturated carbocycles. The average Bonchev–Trinajstić information content (AvgIpc) is 3.14. The van der Waals surface area contributed by atoms with Gasteiger partial charge in [0.05, 0.1) is 0 Å². The molecule has 1 N–H and O–H groups in total. The molecule has 2 nitrogen and oxygen atoms in total. The largest absolute Gasteiger partial charge is 0.350 e. The Morgan fingerprint density at radius 1 is 1.33 bits per heavy atom. The van der Waals surface area contributed by atoms with Crippen molar-refractivity contribution in [3.05, 3.63) is 39.9 Å². The Morgan fingerprint density at radius 3 is 2.94 bits per heavy atom. The van der Waals surface area contributed by atoms with Gasteiger partial charge in [-0.2, -0.15) is 0 Å². The summed E-state index contributed by atoms with van der Waals surface area (Å²) in [6, 6.07) is 6.67. The second-order valence-corrected chi connectivity index (χ2v) is 5.93. The highest BCUT2D eigenvalue weighted by atomic mass is 79.9. The summed E-state index contributed by atoms with van der Waals surface area (Å²) >= 11 is 3.60. The molecule has 0 heterocycles. The van der Waals surface area contributed by atoms with Gasteiger partial charge in [-0.3, -0.25) is 4.79 Å². The van der Waals surface area contributed by atoms with Gasteiger partial charge in [-0.05, 0) is 54.9 Å². The highest BCUT2D eigenvalue weighted by Gasteiger charge is 2.23. The van der Waals surface area contributed by atoms with E-state index in [1.165, 1.54) is 16.7 Å². The van der Waals surface area contributed by atoms with Gasteiger partial charge >= 0.3 is 0 Å². The molecule has 94 valence electrons. The van der Waals surface area contributed by atoms with Crippen LogP contribution in [0.15, 0.2) is 28.7 Å². The van der Waals surface area contributed by atoms with E-state index in [4.69, 9.17) is 0 Å². The van der Waals surface area contributed by atoms with Crippen LogP contribution >= 0.6 is 15.9 Å². The Morgan fingerprint density at radius 2 is 2.17 bits per heavy atom. The maximum absolute atomic E-state index is 11.9. The SMILES string of the molecule is O=C(/C=C1/CCCc2c(Br)cccc21)NC1CC1. The molecule has 0 aliphatic heterocycles. The van der Waals surface area contributed by atoms with Crippen LogP contribution in [-0.2, 0) is 11.2 Å². The summed E-state index contributed by atoms with van der Waals surface area (Å²) in [5.74, 6) is 0.0697. The van der Waals surface area contributed by atoms with Crippen LogP contribution in [-0.4, -0.2) is 11.9 Å². The molecule has 2 aliphatic rings. The zero-order valence-electron chi connectivity index (χ0n) is 10.2. The van der Waals surface area contributed by atoms with E-state index >= 15 is 0 Å². The molecule has 3 heteroatoms. The molecule has 0 bridgehead atoms. The van der Waals surface area contributed by atoms with Crippen molar-refractivity contribution in [3.63, 3.8) is 0 Å². The Kier molecular flexibility index (Phi) is 3.25. The molecule has 0 atom stereocenters. The van der Waals surface area contributed by atoms with Gasteiger partial charge in [-0.1, -0.05) is 28.1 Å². The number of hydrogen-bond donors (Lipinski definition) is 1. The van der Waals surface area contributed by atoms with E-state index in [1.807, 2.05) is 6.07 Å². The first-order valence-electron chi connectivity index (χ1n) is 6.53. The third kappa shape index (κ3) is 2.51. The standard InChI is InChI=1S/C15H16BrNO/c16-14-6-2-4-12-10(3-1-5-13(12)14)9-15(18)17-11-7-8-11/h2,4,6,9,11H,1,3,5,7-8H2,(H,17,18)/b10-9-. The third-order valence-corrected chi connectivity index (χ3v) is 4.31. The third-order valence-electron chi connectivity index (χ3n) is 3.57. The fourth-order valence-corrected chi connectivity index (χ4v) is 3.05. The van der Waals surface area contributed by atoms with Crippen LogP contribution < -0.4 is 5.32 Å². The Bertz CT molecular complexity index is 517. The molecule has 18 heavy (non-hydrogen) atoms. The van der Waals surface area contributed by atoms with E-state index in [-0.39, 0.29) is 5.91 Å². The lowest BCUT2D eigenvalue weighted by atomic mass is 9.87. The van der Waals surface area contributed by atoms with Gasteiger partial charge in [0.15, 0.2) is 0 Å². The van der Waals surface area contributed by atoms with Gasteiger partial charge in [0.1, 0.15) is 0 Å². The predicted octanol–water partition coefficient (Wildman–Crippen LogP) is 3.45. The van der Waals surface area contributed by atoms with Crippen molar-refractivity contribution in [3.8, 4) is 0 Å². The summed E-state index contributed by atoms with van der Waals surface area (Å²) in [4.78, 5) is 11.9. The van der Waals surface area contributed by atoms with E-state index in [1.54, 1.807) is 6.08 Å². The second kappa shape index (κ2) is 4.88. The maximum Gasteiger partial charge on any atom is 0.244 e. The van der Waals surface area contributed by atoms with Crippen molar-refractivity contribution >= 4 is 27.4 Å². The number of halogens is 1. The van der Waals surface area contributed by atoms with E-state index in [9.17, 15) is 4.79 Å². The van der Waals surface area contributed by atoms with Crippen molar-refractivity contribution in [2.24, 2.45) is 0 Å². The smallest absolute Gasteiger partial charge is 0.244 e. The Hall–Kier alpha value is -1.09. The molecule has 1 aromatic rings. The van der Waals surface area contributed by atoms with E-state index in [2.05, 4.69) is 33.4 Å². The summed E-state index contributed by atoms with van der Waals surface area (Å²) in [5.41, 5.74) is 3.76. The summed E-state index contributed by atoms with van der Waals surface area (Å²) in [7, 11) is 0. The minimum absolute atomic E-state index is 0.0697. The van der Waals surface area contributed by atoms with Crippen LogP contribution in [0.1, 0.15) is 36.8 Å². The predicted molar refractivity (Wildman–Crippen MR) is 76.2 cm³/mol. The van der Waals surface area contributed by atoms with Gasteiger partial charge < -0.3 is 5.32 Å². The number of carbonyl (C=O) groups is 1. The molecule has 0 saturated heterocycles. The van der Waals surface area contributed by atoms with Crippen LogP contribution in [0.5, 0.6) is 0 Å². The molecular weight excluding hydrogens is 290 g/mol. The molecular formula is C15H16BrNO. The number of carbonyl (C=O) groups excluding carboxylic acids is 1. The Balaban J connectivity index is 1.88. The summed E-state index contributed by atoms with van der Waals surface area (Å²) in [6.07, 6.45) is 7.29. The van der Waals surface area contributed by atoms with Crippen molar-refractivity contribution in [2.45, 2.75) is 38.1 Å². The van der Waals surface area contributed by atoms with Crippen molar-refractivity contribution < 1.29 is 4.79 Å². The minimum Gasteiger partial charge on any atom is -0.350 e. The van der Waals surface area contributed by atoms with Gasteiger partial charge in [-0.25, -0.2) is 0 Å². The topological polar surface area (TPSA) is 29.1 Å². The summed E-state index contributed by atoms with van der Waals surface area (Å²) < 4.78 is 1.16. The zero-order chi connectivity index (χ0) is 12.5. The lowest BCUT2D eigenvalue weighted by molar-refractivity contribution is -0.116. The van der Waals surface area contributed by atoms with Crippen molar-refractivity contribution in [1.82, 2.24) is 5.32 Å². The Labute approximate surface area is 116 Å². The van der Waals surface area contributed by atoms with Crippen LogP contribution in [0.3, 0.4) is 0 Å². The van der Waals surface area contributed by atoms with Crippen LogP contribution in [0.25, 0.3) is 5.57 Å². The molecule has 1 aromatic carbocycles. The lowest BCUT2D eigenvalue weighted by Crippen LogP contribution is -2.23.